The van der Waals surface area contributed by atoms with Crippen LogP contribution in [0.2, 0.25) is 5.02 Å². The van der Waals surface area contributed by atoms with Gasteiger partial charge < -0.3 is 4.57 Å². The molecule has 1 aromatic heterocycles. The predicted molar refractivity (Wildman–Crippen MR) is 123 cm³/mol. The molecule has 0 radical (unpaired) electrons. The molecule has 10 heteroatoms. The summed E-state index contributed by atoms with van der Waals surface area (Å²) in [4.78, 5) is 26.6. The summed E-state index contributed by atoms with van der Waals surface area (Å²) >= 11 is 11.3. The van der Waals surface area contributed by atoms with Crippen LogP contribution < -0.4 is 10.2 Å². The maximum atomic E-state index is 13.2. The Kier molecular flexibility index (Phi) is 5.85. The Labute approximate surface area is 197 Å². The Hall–Kier alpha value is -3.43. The molecule has 2 aromatic carbocycles. The van der Waals surface area contributed by atoms with Crippen molar-refractivity contribution in [2.24, 2.45) is 0 Å². The van der Waals surface area contributed by atoms with E-state index in [2.05, 4.69) is 5.32 Å². The van der Waals surface area contributed by atoms with E-state index >= 15 is 0 Å². The zero-order chi connectivity index (χ0) is 23.9. The highest BCUT2D eigenvalue weighted by molar-refractivity contribution is 7.80. The standard InChI is InChI=1S/C23H15ClF3N3O2S/c1-13-7-8-16(12-19(13)24)29-9-3-6-15(29)11-18-20(31)28-22(33)30(21(18)32)17-5-2-4-14(10-17)23(25,26)27/h2-12H,1H3,(H,28,31,33)/b18-11+. The quantitative estimate of drug-likeness (QED) is 0.309. The van der Waals surface area contributed by atoms with Gasteiger partial charge in [0.1, 0.15) is 5.57 Å². The lowest BCUT2D eigenvalue weighted by molar-refractivity contribution is -0.137. The summed E-state index contributed by atoms with van der Waals surface area (Å²) in [5, 5.41) is 2.62. The lowest BCUT2D eigenvalue weighted by Crippen LogP contribution is -2.54. The van der Waals surface area contributed by atoms with Gasteiger partial charge in [0.25, 0.3) is 11.8 Å². The van der Waals surface area contributed by atoms with Crippen LogP contribution in [0, 0.1) is 6.92 Å². The number of rotatable bonds is 3. The van der Waals surface area contributed by atoms with Crippen LogP contribution in [-0.2, 0) is 15.8 Å². The second-order valence-electron chi connectivity index (χ2n) is 7.24. The van der Waals surface area contributed by atoms with E-state index in [-0.39, 0.29) is 16.4 Å². The minimum absolute atomic E-state index is 0.105. The average Bonchev–Trinajstić information content (AvgIpc) is 3.21. The molecule has 3 aromatic rings. The van der Waals surface area contributed by atoms with E-state index in [4.69, 9.17) is 23.8 Å². The summed E-state index contributed by atoms with van der Waals surface area (Å²) < 4.78 is 41.2. The van der Waals surface area contributed by atoms with Gasteiger partial charge in [0, 0.05) is 22.6 Å². The molecule has 1 saturated heterocycles. The first-order valence-electron chi connectivity index (χ1n) is 9.59. The molecule has 0 spiro atoms. The molecule has 1 aliphatic rings. The molecule has 1 aliphatic heterocycles. The molecular formula is C23H15ClF3N3O2S. The van der Waals surface area contributed by atoms with Gasteiger partial charge in [0.15, 0.2) is 5.11 Å². The minimum Gasteiger partial charge on any atom is -0.317 e. The van der Waals surface area contributed by atoms with Crippen LogP contribution in [0.5, 0.6) is 0 Å². The van der Waals surface area contributed by atoms with Gasteiger partial charge in [-0.1, -0.05) is 23.7 Å². The van der Waals surface area contributed by atoms with Gasteiger partial charge >= 0.3 is 6.18 Å². The van der Waals surface area contributed by atoms with Crippen LogP contribution in [0.15, 0.2) is 66.4 Å². The second-order valence-corrected chi connectivity index (χ2v) is 8.04. The van der Waals surface area contributed by atoms with E-state index in [1.54, 1.807) is 29.0 Å². The zero-order valence-electron chi connectivity index (χ0n) is 17.0. The SMILES string of the molecule is Cc1ccc(-n2cccc2/C=C2\C(=O)NC(=S)N(c3cccc(C(F)(F)F)c3)C2=O)cc1Cl. The molecular weight excluding hydrogens is 475 g/mol. The Morgan fingerprint density at radius 2 is 1.79 bits per heavy atom. The van der Waals surface area contributed by atoms with Crippen molar-refractivity contribution >= 4 is 52.5 Å². The van der Waals surface area contributed by atoms with Crippen LogP contribution in [0.4, 0.5) is 18.9 Å². The highest BCUT2D eigenvalue weighted by atomic mass is 35.5. The Bertz CT molecular complexity index is 1330. The number of hydrogen-bond donors (Lipinski definition) is 1. The van der Waals surface area contributed by atoms with E-state index in [0.717, 1.165) is 22.6 Å². The summed E-state index contributed by atoms with van der Waals surface area (Å²) in [6.45, 7) is 1.86. The number of alkyl halides is 3. The maximum absolute atomic E-state index is 13.2. The summed E-state index contributed by atoms with van der Waals surface area (Å²) in [5.41, 5.74) is 0.759. The van der Waals surface area contributed by atoms with Gasteiger partial charge in [0.2, 0.25) is 0 Å². The van der Waals surface area contributed by atoms with E-state index < -0.39 is 23.6 Å². The number of carbonyl (C=O) groups is 2. The molecule has 0 atom stereocenters. The molecule has 0 unspecified atom stereocenters. The van der Waals surface area contributed by atoms with E-state index in [9.17, 15) is 22.8 Å². The number of nitrogens with zero attached hydrogens (tertiary/aromatic N) is 2. The smallest absolute Gasteiger partial charge is 0.317 e. The van der Waals surface area contributed by atoms with Crippen molar-refractivity contribution in [3.05, 3.63) is 88.2 Å². The third kappa shape index (κ3) is 4.42. The average molecular weight is 490 g/mol. The van der Waals surface area contributed by atoms with Gasteiger partial charge in [-0.15, -0.1) is 0 Å². The number of hydrogen-bond acceptors (Lipinski definition) is 3. The summed E-state index contributed by atoms with van der Waals surface area (Å²) in [6.07, 6.45) is -1.52. The normalized spacial score (nSPS) is 15.8. The molecule has 5 nitrogen and oxygen atoms in total. The third-order valence-electron chi connectivity index (χ3n) is 5.04. The number of thiocarbonyl (C=S) groups is 1. The highest BCUT2D eigenvalue weighted by Gasteiger charge is 2.36. The Morgan fingerprint density at radius 1 is 1.03 bits per heavy atom. The lowest BCUT2D eigenvalue weighted by atomic mass is 10.1. The second kappa shape index (κ2) is 8.49. The largest absolute Gasteiger partial charge is 0.416 e. The van der Waals surface area contributed by atoms with Crippen LogP contribution in [0.1, 0.15) is 16.8 Å². The molecule has 2 heterocycles. The van der Waals surface area contributed by atoms with Gasteiger partial charge in [0.05, 0.1) is 11.3 Å². The number of aryl methyl sites for hydroxylation is 1. The number of aromatic nitrogens is 1. The van der Waals surface area contributed by atoms with Gasteiger partial charge in [-0.25, -0.2) is 0 Å². The Morgan fingerprint density at radius 3 is 2.48 bits per heavy atom. The van der Waals surface area contributed by atoms with E-state index in [1.165, 1.54) is 18.2 Å². The fourth-order valence-corrected chi connectivity index (χ4v) is 3.80. The van der Waals surface area contributed by atoms with Gasteiger partial charge in [-0.2, -0.15) is 13.2 Å². The van der Waals surface area contributed by atoms with Crippen molar-refractivity contribution in [2.75, 3.05) is 4.90 Å². The summed E-state index contributed by atoms with van der Waals surface area (Å²) in [6, 6.07) is 13.0. The molecule has 168 valence electrons. The number of halogens is 4. The van der Waals surface area contributed by atoms with Crippen LogP contribution in [0.3, 0.4) is 0 Å². The van der Waals surface area contributed by atoms with Crippen LogP contribution in [-0.4, -0.2) is 21.5 Å². The van der Waals surface area contributed by atoms with Crippen LogP contribution >= 0.6 is 23.8 Å². The molecule has 1 N–H and O–H groups in total. The molecule has 1 fully saturated rings. The highest BCUT2D eigenvalue weighted by Crippen LogP contribution is 2.33. The fourth-order valence-electron chi connectivity index (χ4n) is 3.34. The molecule has 4 rings (SSSR count). The minimum atomic E-state index is -4.60. The monoisotopic (exact) mass is 489 g/mol. The molecule has 33 heavy (non-hydrogen) atoms. The first-order valence-corrected chi connectivity index (χ1v) is 10.4. The summed E-state index contributed by atoms with van der Waals surface area (Å²) in [7, 11) is 0. The topological polar surface area (TPSA) is 54.3 Å². The van der Waals surface area contributed by atoms with Crippen molar-refractivity contribution in [1.82, 2.24) is 9.88 Å². The Balaban J connectivity index is 1.75. The predicted octanol–water partition coefficient (Wildman–Crippen LogP) is 5.29. The zero-order valence-corrected chi connectivity index (χ0v) is 18.6. The van der Waals surface area contributed by atoms with Gasteiger partial charge in [-0.3, -0.25) is 19.8 Å². The van der Waals surface area contributed by atoms with Crippen molar-refractivity contribution in [2.45, 2.75) is 13.1 Å². The molecule has 0 aliphatic carbocycles. The molecule has 0 bridgehead atoms. The number of benzene rings is 2. The van der Waals surface area contributed by atoms with Gasteiger partial charge in [-0.05, 0) is 73.2 Å². The fraction of sp³-hybridized carbons (Fsp3) is 0.0870. The lowest BCUT2D eigenvalue weighted by Gasteiger charge is -2.29. The molecule has 0 saturated carbocycles. The van der Waals surface area contributed by atoms with Crippen molar-refractivity contribution in [3.8, 4) is 5.69 Å². The molecule has 2 amide bonds. The van der Waals surface area contributed by atoms with Crippen molar-refractivity contribution in [1.29, 1.82) is 0 Å². The first kappa shape index (κ1) is 22.8. The number of anilines is 1. The van der Waals surface area contributed by atoms with E-state index in [1.807, 2.05) is 19.1 Å². The van der Waals surface area contributed by atoms with Crippen LogP contribution in [0.25, 0.3) is 11.8 Å². The first-order chi connectivity index (χ1) is 15.6. The third-order valence-corrected chi connectivity index (χ3v) is 5.73. The number of amides is 2. The number of nitrogens with one attached hydrogen (secondary N) is 1. The van der Waals surface area contributed by atoms with Crippen molar-refractivity contribution < 1.29 is 22.8 Å². The summed E-state index contributed by atoms with van der Waals surface area (Å²) in [5.74, 6) is -1.58. The van der Waals surface area contributed by atoms with E-state index in [0.29, 0.717) is 16.4 Å². The van der Waals surface area contributed by atoms with Crippen molar-refractivity contribution in [3.63, 3.8) is 0 Å². The maximum Gasteiger partial charge on any atom is 0.416 e. The number of carbonyl (C=O) groups excluding carboxylic acids is 2.